The van der Waals surface area contributed by atoms with Crippen LogP contribution in [0.15, 0.2) is 24.3 Å². The largest absolute Gasteiger partial charge is 0.495 e. The van der Waals surface area contributed by atoms with Crippen LogP contribution in [0, 0.1) is 10.5 Å². The van der Waals surface area contributed by atoms with Crippen LogP contribution in [0.2, 0.25) is 5.02 Å². The fourth-order valence-electron chi connectivity index (χ4n) is 2.04. The molecule has 0 aliphatic rings. The Bertz CT molecular complexity index is 858. The van der Waals surface area contributed by atoms with E-state index in [1.54, 1.807) is 12.1 Å². The molecule has 0 atom stereocenters. The van der Waals surface area contributed by atoms with Crippen LogP contribution < -0.4 is 16.2 Å². The van der Waals surface area contributed by atoms with Crippen molar-refractivity contribution in [1.82, 2.24) is 0 Å². The van der Waals surface area contributed by atoms with Gasteiger partial charge in [-0.15, -0.1) is 0 Å². The van der Waals surface area contributed by atoms with E-state index in [4.69, 9.17) is 27.8 Å². The van der Waals surface area contributed by atoms with Crippen molar-refractivity contribution in [2.24, 2.45) is 0 Å². The number of esters is 2. The third kappa shape index (κ3) is 5.64. The quantitative estimate of drug-likeness (QED) is 0.371. The molecule has 0 aliphatic heterocycles. The standard InChI is InChI=1S/C10H12INO3.C8H8ClNO2/c1-5-6(10(13)15-3)4-7(14-2)9(12)8(5)11;1-12-8(11)6-3-2-5(10)4-7(6)9/h4H,12H2,1-3H3;2-4H,10H2,1H3. The molecule has 0 bridgehead atoms. The second kappa shape index (κ2) is 10.2. The van der Waals surface area contributed by atoms with Gasteiger partial charge >= 0.3 is 11.9 Å². The summed E-state index contributed by atoms with van der Waals surface area (Å²) in [4.78, 5) is 22.4. The van der Waals surface area contributed by atoms with Crippen LogP contribution in [-0.4, -0.2) is 33.3 Å². The van der Waals surface area contributed by atoms with Gasteiger partial charge in [-0.2, -0.15) is 0 Å². The second-order valence-corrected chi connectivity index (χ2v) is 6.69. The zero-order chi connectivity index (χ0) is 20.7. The maximum Gasteiger partial charge on any atom is 0.339 e. The number of carbonyl (C=O) groups excluding carboxylic acids is 2. The van der Waals surface area contributed by atoms with Crippen molar-refractivity contribution in [3.8, 4) is 5.75 Å². The van der Waals surface area contributed by atoms with Crippen molar-refractivity contribution in [3.05, 3.63) is 49.5 Å². The van der Waals surface area contributed by atoms with Gasteiger partial charge in [-0.3, -0.25) is 0 Å². The molecule has 9 heteroatoms. The summed E-state index contributed by atoms with van der Waals surface area (Å²) in [5.74, 6) is -0.353. The highest BCUT2D eigenvalue weighted by molar-refractivity contribution is 14.1. The van der Waals surface area contributed by atoms with Gasteiger partial charge in [-0.05, 0) is 59.3 Å². The van der Waals surface area contributed by atoms with Crippen molar-refractivity contribution in [3.63, 3.8) is 0 Å². The molecule has 0 radical (unpaired) electrons. The van der Waals surface area contributed by atoms with Crippen molar-refractivity contribution in [2.75, 3.05) is 32.8 Å². The highest BCUT2D eigenvalue weighted by Crippen LogP contribution is 2.32. The van der Waals surface area contributed by atoms with E-state index in [-0.39, 0.29) is 5.97 Å². The Kier molecular flexibility index (Phi) is 8.64. The zero-order valence-electron chi connectivity index (χ0n) is 15.3. The van der Waals surface area contributed by atoms with E-state index < -0.39 is 5.97 Å². The molecule has 4 N–H and O–H groups in total. The highest BCUT2D eigenvalue weighted by Gasteiger charge is 2.17. The second-order valence-electron chi connectivity index (χ2n) is 5.20. The Morgan fingerprint density at radius 2 is 1.56 bits per heavy atom. The number of carbonyl (C=O) groups is 2. The molecule has 0 aliphatic carbocycles. The number of hydrogen-bond donors (Lipinski definition) is 2. The van der Waals surface area contributed by atoms with Crippen molar-refractivity contribution >= 4 is 57.5 Å². The molecule has 0 heterocycles. The summed E-state index contributed by atoms with van der Waals surface area (Å²) in [5.41, 5.74) is 13.9. The predicted molar refractivity (Wildman–Crippen MR) is 113 cm³/mol. The summed E-state index contributed by atoms with van der Waals surface area (Å²) in [6.07, 6.45) is 0. The molecule has 2 aromatic carbocycles. The van der Waals surface area contributed by atoms with Gasteiger partial charge in [0.05, 0.1) is 43.2 Å². The Hall–Kier alpha value is -2.20. The summed E-state index contributed by atoms with van der Waals surface area (Å²) in [6.45, 7) is 1.82. The van der Waals surface area contributed by atoms with Gasteiger partial charge in [0.1, 0.15) is 5.75 Å². The summed E-state index contributed by atoms with van der Waals surface area (Å²) in [7, 11) is 4.16. The van der Waals surface area contributed by atoms with E-state index in [0.29, 0.717) is 33.3 Å². The minimum Gasteiger partial charge on any atom is -0.495 e. The third-order valence-corrected chi connectivity index (χ3v) is 5.24. The van der Waals surface area contributed by atoms with Crippen LogP contribution in [0.1, 0.15) is 26.3 Å². The lowest BCUT2D eigenvalue weighted by Gasteiger charge is -2.12. The number of rotatable bonds is 3. The first-order valence-corrected chi connectivity index (χ1v) is 8.97. The number of nitrogens with two attached hydrogens (primary N) is 2. The van der Waals surface area contributed by atoms with Gasteiger partial charge in [0, 0.05) is 9.26 Å². The molecule has 2 aromatic rings. The van der Waals surface area contributed by atoms with E-state index >= 15 is 0 Å². The van der Waals surface area contributed by atoms with E-state index in [2.05, 4.69) is 32.1 Å². The number of nitrogen functional groups attached to an aromatic ring is 2. The molecule has 0 spiro atoms. The summed E-state index contributed by atoms with van der Waals surface area (Å²) in [6, 6.07) is 6.23. The van der Waals surface area contributed by atoms with Crippen molar-refractivity contribution in [2.45, 2.75) is 6.92 Å². The summed E-state index contributed by atoms with van der Waals surface area (Å²) >= 11 is 7.80. The Labute approximate surface area is 176 Å². The molecule has 0 unspecified atom stereocenters. The van der Waals surface area contributed by atoms with Gasteiger partial charge in [0.25, 0.3) is 0 Å². The van der Waals surface area contributed by atoms with Crippen LogP contribution in [0.25, 0.3) is 0 Å². The lowest BCUT2D eigenvalue weighted by molar-refractivity contribution is 0.0591. The van der Waals surface area contributed by atoms with E-state index in [1.807, 2.05) is 6.92 Å². The van der Waals surface area contributed by atoms with Crippen LogP contribution in [-0.2, 0) is 9.47 Å². The van der Waals surface area contributed by atoms with E-state index in [1.165, 1.54) is 33.5 Å². The first kappa shape index (κ1) is 22.8. The molecular weight excluding hydrogens is 487 g/mol. The first-order chi connectivity index (χ1) is 12.7. The van der Waals surface area contributed by atoms with Crippen LogP contribution in [0.5, 0.6) is 5.75 Å². The van der Waals surface area contributed by atoms with E-state index in [0.717, 1.165) is 9.13 Å². The number of hydrogen-bond acceptors (Lipinski definition) is 7. The molecule has 146 valence electrons. The minimum atomic E-state index is -0.458. The maximum atomic E-state index is 11.4. The van der Waals surface area contributed by atoms with Gasteiger partial charge < -0.3 is 25.7 Å². The fraction of sp³-hybridized carbons (Fsp3) is 0.222. The normalized spacial score (nSPS) is 9.70. The number of benzene rings is 2. The average molecular weight is 507 g/mol. The molecule has 2 rings (SSSR count). The maximum absolute atomic E-state index is 11.4. The van der Waals surface area contributed by atoms with Crippen LogP contribution >= 0.6 is 34.2 Å². The SMILES string of the molecule is COC(=O)c1cc(OC)c(N)c(I)c1C.COC(=O)c1ccc(N)cc1Cl. The molecule has 0 fully saturated rings. The molecule has 0 saturated carbocycles. The Morgan fingerprint density at radius 1 is 1.00 bits per heavy atom. The lowest BCUT2D eigenvalue weighted by atomic mass is 10.1. The van der Waals surface area contributed by atoms with Gasteiger partial charge in [-0.25, -0.2) is 9.59 Å². The number of halogens is 2. The molecular formula is C18H20ClIN2O5. The zero-order valence-corrected chi connectivity index (χ0v) is 18.2. The topological polar surface area (TPSA) is 114 Å². The summed E-state index contributed by atoms with van der Waals surface area (Å²) in [5, 5.41) is 0.307. The average Bonchev–Trinajstić information content (AvgIpc) is 2.66. The number of methoxy groups -OCH3 is 3. The fourth-order valence-corrected chi connectivity index (χ4v) is 2.87. The lowest BCUT2D eigenvalue weighted by Crippen LogP contribution is -2.08. The Balaban J connectivity index is 0.000000277. The van der Waals surface area contributed by atoms with E-state index in [9.17, 15) is 9.59 Å². The summed E-state index contributed by atoms with van der Waals surface area (Å²) < 4.78 is 15.1. The molecule has 0 amide bonds. The van der Waals surface area contributed by atoms with Gasteiger partial charge in [0.15, 0.2) is 0 Å². The number of anilines is 2. The van der Waals surface area contributed by atoms with Crippen LogP contribution in [0.4, 0.5) is 11.4 Å². The minimum absolute atomic E-state index is 0.307. The third-order valence-electron chi connectivity index (χ3n) is 3.53. The molecule has 0 aromatic heterocycles. The highest BCUT2D eigenvalue weighted by atomic mass is 127. The molecule has 27 heavy (non-hydrogen) atoms. The smallest absolute Gasteiger partial charge is 0.339 e. The Morgan fingerprint density at radius 3 is 2.04 bits per heavy atom. The molecule has 7 nitrogen and oxygen atoms in total. The predicted octanol–water partition coefficient (Wildman–Crippen LogP) is 3.69. The molecule has 0 saturated heterocycles. The van der Waals surface area contributed by atoms with Crippen molar-refractivity contribution < 1.29 is 23.8 Å². The van der Waals surface area contributed by atoms with Gasteiger partial charge in [0.2, 0.25) is 0 Å². The monoisotopic (exact) mass is 506 g/mol. The van der Waals surface area contributed by atoms with Crippen molar-refractivity contribution in [1.29, 1.82) is 0 Å². The number of ether oxygens (including phenoxy) is 3. The van der Waals surface area contributed by atoms with Gasteiger partial charge in [-0.1, -0.05) is 11.6 Å². The first-order valence-electron chi connectivity index (χ1n) is 7.52. The van der Waals surface area contributed by atoms with Crippen LogP contribution in [0.3, 0.4) is 0 Å².